The van der Waals surface area contributed by atoms with Crippen molar-refractivity contribution in [1.82, 2.24) is 0 Å². The number of aliphatic hydroxyl groups is 1. The molecule has 0 aromatic rings. The van der Waals surface area contributed by atoms with E-state index >= 15 is 0 Å². The van der Waals surface area contributed by atoms with Crippen molar-refractivity contribution in [3.63, 3.8) is 0 Å². The van der Waals surface area contributed by atoms with Gasteiger partial charge in [0.05, 0.1) is 0 Å². The van der Waals surface area contributed by atoms with Crippen LogP contribution in [-0.2, 0) is 4.79 Å². The van der Waals surface area contributed by atoms with Gasteiger partial charge in [0.2, 0.25) is 5.76 Å². The molecule has 0 aliphatic heterocycles. The number of nitrogens with one attached hydrogen (secondary N) is 1. The molecule has 0 saturated heterocycles. The summed E-state index contributed by atoms with van der Waals surface area (Å²) >= 11 is 0. The van der Waals surface area contributed by atoms with Crippen molar-refractivity contribution in [3.8, 4) is 0 Å². The van der Waals surface area contributed by atoms with E-state index in [4.69, 9.17) is 15.6 Å². The van der Waals surface area contributed by atoms with Gasteiger partial charge in [0, 0.05) is 12.3 Å². The van der Waals surface area contributed by atoms with Crippen LogP contribution in [0.3, 0.4) is 0 Å². The number of rotatable bonds is 2. The Morgan fingerprint density at radius 1 is 1.50 bits per heavy atom. The number of aliphatic hydroxyl groups excluding tert-OH is 1. The number of carboxylic acids is 1. The van der Waals surface area contributed by atoms with Gasteiger partial charge in [0.15, 0.2) is 0 Å². The van der Waals surface area contributed by atoms with Crippen LogP contribution in [0.1, 0.15) is 0 Å². The van der Waals surface area contributed by atoms with Crippen molar-refractivity contribution in [2.24, 2.45) is 0 Å². The molecule has 4 nitrogen and oxygen atoms in total. The van der Waals surface area contributed by atoms with E-state index in [1.165, 1.54) is 0 Å². The van der Waals surface area contributed by atoms with Gasteiger partial charge < -0.3 is 15.6 Å². The number of carboxylic acid groups (broad SMARTS) is 1. The van der Waals surface area contributed by atoms with E-state index in [0.29, 0.717) is 6.21 Å². The second-order valence-corrected chi connectivity index (χ2v) is 1.02. The van der Waals surface area contributed by atoms with Gasteiger partial charge in [-0.1, -0.05) is 0 Å². The average molecular weight is 115 g/mol. The zero-order valence-electron chi connectivity index (χ0n) is 3.96. The molecule has 0 rings (SSSR count). The molecule has 0 saturated carbocycles. The minimum Gasteiger partial charge on any atom is -0.502 e. The zero-order valence-corrected chi connectivity index (χ0v) is 3.96. The van der Waals surface area contributed by atoms with Crippen molar-refractivity contribution in [3.05, 3.63) is 11.8 Å². The smallest absolute Gasteiger partial charge is 0.370 e. The average Bonchev–Trinajstić information content (AvgIpc) is 1.67. The summed E-state index contributed by atoms with van der Waals surface area (Å²) in [6.07, 6.45) is 1.48. The van der Waals surface area contributed by atoms with Crippen LogP contribution >= 0.6 is 0 Å². The first-order valence-corrected chi connectivity index (χ1v) is 1.81. The summed E-state index contributed by atoms with van der Waals surface area (Å²) in [5, 5.41) is 22.4. The fourth-order valence-electron chi connectivity index (χ4n) is 0.150. The van der Waals surface area contributed by atoms with Crippen molar-refractivity contribution < 1.29 is 15.0 Å². The SMILES string of the molecule is N=C/C=C(\O)C(=O)O. The lowest BCUT2D eigenvalue weighted by molar-refractivity contribution is -0.135. The molecular formula is C4H5NO3. The van der Waals surface area contributed by atoms with Gasteiger partial charge in [-0.15, -0.1) is 0 Å². The quantitative estimate of drug-likeness (QED) is 0.272. The Bertz CT molecular complexity index is 138. The molecular weight excluding hydrogens is 110 g/mol. The number of hydrogen-bond acceptors (Lipinski definition) is 3. The molecule has 4 heteroatoms. The molecule has 0 aliphatic rings. The Morgan fingerprint density at radius 2 is 2.00 bits per heavy atom. The lowest BCUT2D eigenvalue weighted by Crippen LogP contribution is -1.98. The van der Waals surface area contributed by atoms with Gasteiger partial charge in [-0.2, -0.15) is 0 Å². The number of allylic oxidation sites excluding steroid dienone is 1. The molecule has 0 aliphatic carbocycles. The normalized spacial score (nSPS) is 10.8. The fourth-order valence-corrected chi connectivity index (χ4v) is 0.150. The fraction of sp³-hybridized carbons (Fsp3) is 0. The molecule has 0 bridgehead atoms. The van der Waals surface area contributed by atoms with Crippen LogP contribution in [0.2, 0.25) is 0 Å². The molecule has 0 fully saturated rings. The van der Waals surface area contributed by atoms with E-state index in [1.807, 2.05) is 0 Å². The van der Waals surface area contributed by atoms with Gasteiger partial charge in [0.1, 0.15) is 0 Å². The maximum Gasteiger partial charge on any atom is 0.370 e. The Balaban J connectivity index is 3.99. The van der Waals surface area contributed by atoms with Crippen LogP contribution in [0.5, 0.6) is 0 Å². The molecule has 0 atom stereocenters. The first kappa shape index (κ1) is 6.68. The summed E-state index contributed by atoms with van der Waals surface area (Å²) in [7, 11) is 0. The summed E-state index contributed by atoms with van der Waals surface area (Å²) in [6.45, 7) is 0. The van der Waals surface area contributed by atoms with Gasteiger partial charge in [-0.3, -0.25) is 0 Å². The lowest BCUT2D eigenvalue weighted by Gasteiger charge is -1.83. The summed E-state index contributed by atoms with van der Waals surface area (Å²) in [5.41, 5.74) is 0. The van der Waals surface area contributed by atoms with Crippen LogP contribution in [0, 0.1) is 5.41 Å². The maximum absolute atomic E-state index is 9.67. The van der Waals surface area contributed by atoms with E-state index in [2.05, 4.69) is 0 Å². The highest BCUT2D eigenvalue weighted by Crippen LogP contribution is 1.82. The lowest BCUT2D eigenvalue weighted by atomic mass is 10.5. The van der Waals surface area contributed by atoms with Gasteiger partial charge in [0.25, 0.3) is 0 Å². The van der Waals surface area contributed by atoms with E-state index < -0.39 is 11.7 Å². The minimum atomic E-state index is -1.42. The van der Waals surface area contributed by atoms with Crippen molar-refractivity contribution >= 4 is 12.2 Å². The molecule has 0 radical (unpaired) electrons. The Kier molecular flexibility index (Phi) is 2.33. The molecule has 0 aromatic carbocycles. The third-order valence-corrected chi connectivity index (χ3v) is 0.460. The molecule has 0 heterocycles. The van der Waals surface area contributed by atoms with Crippen LogP contribution in [0.25, 0.3) is 0 Å². The standard InChI is InChI=1S/C4H5NO3/c5-2-1-3(6)4(7)8/h1-2,5-6H,(H,7,8)/b3-1-,5-2?. The Hall–Kier alpha value is -1.32. The number of carbonyl (C=O) groups is 1. The van der Waals surface area contributed by atoms with Crippen LogP contribution in [-0.4, -0.2) is 22.4 Å². The van der Waals surface area contributed by atoms with Crippen molar-refractivity contribution in [2.75, 3.05) is 0 Å². The molecule has 3 N–H and O–H groups in total. The maximum atomic E-state index is 9.67. The zero-order chi connectivity index (χ0) is 6.57. The second kappa shape index (κ2) is 2.79. The summed E-state index contributed by atoms with van der Waals surface area (Å²) in [4.78, 5) is 9.67. The van der Waals surface area contributed by atoms with Crippen molar-refractivity contribution in [2.45, 2.75) is 0 Å². The largest absolute Gasteiger partial charge is 0.502 e. The van der Waals surface area contributed by atoms with Crippen LogP contribution in [0.4, 0.5) is 0 Å². The third kappa shape index (κ3) is 1.96. The Labute approximate surface area is 45.6 Å². The summed E-state index contributed by atoms with van der Waals surface area (Å²) < 4.78 is 0. The monoisotopic (exact) mass is 115 g/mol. The van der Waals surface area contributed by atoms with E-state index in [9.17, 15) is 4.79 Å². The van der Waals surface area contributed by atoms with Crippen LogP contribution in [0.15, 0.2) is 11.8 Å². The molecule has 0 unspecified atom stereocenters. The summed E-state index contributed by atoms with van der Waals surface area (Å²) in [6, 6.07) is 0. The topological polar surface area (TPSA) is 81.4 Å². The Morgan fingerprint density at radius 3 is 2.12 bits per heavy atom. The van der Waals surface area contributed by atoms with Gasteiger partial charge in [-0.25, -0.2) is 4.79 Å². The van der Waals surface area contributed by atoms with Crippen molar-refractivity contribution in [1.29, 1.82) is 5.41 Å². The highest BCUT2D eigenvalue weighted by molar-refractivity contribution is 5.88. The molecule has 0 aromatic heterocycles. The molecule has 8 heavy (non-hydrogen) atoms. The molecule has 0 spiro atoms. The number of hydrogen-bond donors (Lipinski definition) is 3. The van der Waals surface area contributed by atoms with Gasteiger partial charge in [-0.05, 0) is 0 Å². The second-order valence-electron chi connectivity index (χ2n) is 1.02. The van der Waals surface area contributed by atoms with Crippen LogP contribution < -0.4 is 0 Å². The molecule has 0 amide bonds. The molecule has 44 valence electrons. The highest BCUT2D eigenvalue weighted by atomic mass is 16.4. The minimum absolute atomic E-state index is 0.698. The highest BCUT2D eigenvalue weighted by Gasteiger charge is 1.98. The summed E-state index contributed by atoms with van der Waals surface area (Å²) in [5.74, 6) is -2.24. The predicted molar refractivity (Wildman–Crippen MR) is 27.1 cm³/mol. The predicted octanol–water partition coefficient (Wildman–Crippen LogP) is 0.162. The third-order valence-electron chi connectivity index (χ3n) is 0.460. The van der Waals surface area contributed by atoms with Gasteiger partial charge >= 0.3 is 5.97 Å². The first-order valence-electron chi connectivity index (χ1n) is 1.81. The van der Waals surface area contributed by atoms with E-state index in [-0.39, 0.29) is 0 Å². The number of aliphatic carboxylic acids is 1. The van der Waals surface area contributed by atoms with E-state index in [0.717, 1.165) is 6.08 Å². The first-order chi connectivity index (χ1) is 3.68. The van der Waals surface area contributed by atoms with E-state index in [1.54, 1.807) is 0 Å².